The third kappa shape index (κ3) is 2.82. The molecule has 18 heavy (non-hydrogen) atoms. The summed E-state index contributed by atoms with van der Waals surface area (Å²) in [7, 11) is 0. The molecule has 0 radical (unpaired) electrons. The Balaban J connectivity index is 2.15. The van der Waals surface area contributed by atoms with E-state index in [2.05, 4.69) is 4.90 Å². The molecule has 3 nitrogen and oxygen atoms in total. The molecule has 4 heteroatoms. The Morgan fingerprint density at radius 3 is 2.67 bits per heavy atom. The first kappa shape index (κ1) is 13.3. The lowest BCUT2D eigenvalue weighted by Gasteiger charge is -2.39. The van der Waals surface area contributed by atoms with E-state index in [0.29, 0.717) is 11.6 Å². The summed E-state index contributed by atoms with van der Waals surface area (Å²) < 4.78 is 13.8. The van der Waals surface area contributed by atoms with Crippen LogP contribution in [-0.2, 0) is 6.54 Å². The highest BCUT2D eigenvalue weighted by Crippen LogP contribution is 2.30. The zero-order valence-electron chi connectivity index (χ0n) is 10.6. The van der Waals surface area contributed by atoms with Crippen molar-refractivity contribution in [3.8, 4) is 0 Å². The Kier molecular flexibility index (Phi) is 4.55. The van der Waals surface area contributed by atoms with Gasteiger partial charge in [-0.25, -0.2) is 4.39 Å². The van der Waals surface area contributed by atoms with E-state index >= 15 is 0 Å². The molecule has 0 amide bonds. The molecular formula is C14H21FN2O. The van der Waals surface area contributed by atoms with Crippen LogP contribution < -0.4 is 10.6 Å². The summed E-state index contributed by atoms with van der Waals surface area (Å²) in [6.45, 7) is 1.18. The van der Waals surface area contributed by atoms with Crippen LogP contribution >= 0.6 is 0 Å². The molecule has 1 aliphatic rings. The fourth-order valence-corrected chi connectivity index (χ4v) is 2.34. The van der Waals surface area contributed by atoms with Crippen LogP contribution in [0.5, 0.6) is 0 Å². The summed E-state index contributed by atoms with van der Waals surface area (Å²) in [5.41, 5.74) is 6.92. The fourth-order valence-electron chi connectivity index (χ4n) is 2.34. The van der Waals surface area contributed by atoms with Gasteiger partial charge in [-0.05, 0) is 37.8 Å². The number of aliphatic hydroxyl groups is 1. The van der Waals surface area contributed by atoms with Crippen molar-refractivity contribution in [2.75, 3.05) is 18.1 Å². The first-order chi connectivity index (χ1) is 8.76. The lowest BCUT2D eigenvalue weighted by Crippen LogP contribution is -2.41. The molecule has 1 saturated carbocycles. The Bertz CT molecular complexity index is 393. The van der Waals surface area contributed by atoms with Crippen LogP contribution in [0, 0.1) is 5.82 Å². The van der Waals surface area contributed by atoms with Crippen LogP contribution in [-0.4, -0.2) is 24.3 Å². The van der Waals surface area contributed by atoms with Crippen molar-refractivity contribution in [3.05, 3.63) is 29.6 Å². The Labute approximate surface area is 107 Å². The highest BCUT2D eigenvalue weighted by atomic mass is 19.1. The van der Waals surface area contributed by atoms with Gasteiger partial charge in [0.05, 0.1) is 0 Å². The summed E-state index contributed by atoms with van der Waals surface area (Å²) in [6.07, 6.45) is 4.28. The standard InChI is InChI=1S/C14H21FN2O/c15-14-9-13(6-5-11(14)10-16)17(7-2-8-18)12-3-1-4-12/h5-6,9,12,18H,1-4,7-8,10,16H2. The maximum Gasteiger partial charge on any atom is 0.129 e. The van der Waals surface area contributed by atoms with Gasteiger partial charge in [0, 0.05) is 37.0 Å². The van der Waals surface area contributed by atoms with Crippen molar-refractivity contribution >= 4 is 5.69 Å². The minimum absolute atomic E-state index is 0.173. The molecule has 1 aromatic rings. The number of nitrogens with two attached hydrogens (primary N) is 1. The SMILES string of the molecule is NCc1ccc(N(CCCO)C2CCC2)cc1F. The minimum Gasteiger partial charge on any atom is -0.396 e. The van der Waals surface area contributed by atoms with Crippen LogP contribution in [0.15, 0.2) is 18.2 Å². The lowest BCUT2D eigenvalue weighted by molar-refractivity contribution is 0.283. The molecule has 100 valence electrons. The second-order valence-electron chi connectivity index (χ2n) is 4.84. The molecule has 3 N–H and O–H groups in total. The first-order valence-electron chi connectivity index (χ1n) is 6.62. The Morgan fingerprint density at radius 2 is 2.17 bits per heavy atom. The molecule has 0 aromatic heterocycles. The smallest absolute Gasteiger partial charge is 0.129 e. The zero-order chi connectivity index (χ0) is 13.0. The third-order valence-electron chi connectivity index (χ3n) is 3.66. The van der Waals surface area contributed by atoms with Gasteiger partial charge in [0.2, 0.25) is 0 Å². The monoisotopic (exact) mass is 252 g/mol. The molecule has 1 aromatic carbocycles. The topological polar surface area (TPSA) is 49.5 Å². The lowest BCUT2D eigenvalue weighted by atomic mass is 9.90. The van der Waals surface area contributed by atoms with Gasteiger partial charge in [-0.1, -0.05) is 6.07 Å². The highest BCUT2D eigenvalue weighted by Gasteiger charge is 2.25. The van der Waals surface area contributed by atoms with Gasteiger partial charge < -0.3 is 15.7 Å². The number of anilines is 1. The number of hydrogen-bond acceptors (Lipinski definition) is 3. The first-order valence-corrected chi connectivity index (χ1v) is 6.62. The van der Waals surface area contributed by atoms with E-state index in [-0.39, 0.29) is 19.0 Å². The van der Waals surface area contributed by atoms with Gasteiger partial charge in [-0.3, -0.25) is 0 Å². The molecular weight excluding hydrogens is 231 g/mol. The predicted molar refractivity (Wildman–Crippen MR) is 71.0 cm³/mol. The summed E-state index contributed by atoms with van der Waals surface area (Å²) in [4.78, 5) is 2.21. The van der Waals surface area contributed by atoms with Crippen LogP contribution in [0.3, 0.4) is 0 Å². The van der Waals surface area contributed by atoms with E-state index in [1.807, 2.05) is 6.07 Å². The number of benzene rings is 1. The number of halogens is 1. The van der Waals surface area contributed by atoms with Gasteiger partial charge in [0.1, 0.15) is 5.82 Å². The highest BCUT2D eigenvalue weighted by molar-refractivity contribution is 5.49. The molecule has 1 aliphatic carbocycles. The van der Waals surface area contributed by atoms with Crippen molar-refractivity contribution < 1.29 is 9.50 Å². The quantitative estimate of drug-likeness (QED) is 0.814. The summed E-state index contributed by atoms with van der Waals surface area (Å²) in [5.74, 6) is -0.233. The van der Waals surface area contributed by atoms with E-state index in [1.165, 1.54) is 6.42 Å². The second kappa shape index (κ2) is 6.16. The molecule has 0 bridgehead atoms. The maximum absolute atomic E-state index is 13.8. The maximum atomic E-state index is 13.8. The Hall–Kier alpha value is -1.13. The average molecular weight is 252 g/mol. The van der Waals surface area contributed by atoms with Crippen molar-refractivity contribution in [1.82, 2.24) is 0 Å². The van der Waals surface area contributed by atoms with Gasteiger partial charge >= 0.3 is 0 Å². The summed E-state index contributed by atoms with van der Waals surface area (Å²) in [5, 5.41) is 8.95. The number of hydrogen-bond donors (Lipinski definition) is 2. The van der Waals surface area contributed by atoms with E-state index in [4.69, 9.17) is 10.8 Å². The molecule has 0 saturated heterocycles. The van der Waals surface area contributed by atoms with E-state index in [9.17, 15) is 4.39 Å². The average Bonchev–Trinajstić information content (AvgIpc) is 2.32. The van der Waals surface area contributed by atoms with E-state index in [0.717, 1.165) is 31.5 Å². The summed E-state index contributed by atoms with van der Waals surface area (Å²) in [6, 6.07) is 5.76. The van der Waals surface area contributed by atoms with E-state index < -0.39 is 0 Å². The van der Waals surface area contributed by atoms with Gasteiger partial charge in [0.25, 0.3) is 0 Å². The number of rotatable bonds is 6. The normalized spacial score (nSPS) is 15.5. The van der Waals surface area contributed by atoms with Gasteiger partial charge in [-0.15, -0.1) is 0 Å². The fraction of sp³-hybridized carbons (Fsp3) is 0.571. The summed E-state index contributed by atoms with van der Waals surface area (Å²) >= 11 is 0. The van der Waals surface area contributed by atoms with Crippen molar-refractivity contribution in [3.63, 3.8) is 0 Å². The van der Waals surface area contributed by atoms with Crippen molar-refractivity contribution in [2.24, 2.45) is 5.73 Å². The van der Waals surface area contributed by atoms with Crippen LogP contribution in [0.25, 0.3) is 0 Å². The van der Waals surface area contributed by atoms with E-state index in [1.54, 1.807) is 12.1 Å². The van der Waals surface area contributed by atoms with Crippen LogP contribution in [0.1, 0.15) is 31.2 Å². The molecule has 0 atom stereocenters. The van der Waals surface area contributed by atoms with Crippen LogP contribution in [0.4, 0.5) is 10.1 Å². The predicted octanol–water partition coefficient (Wildman–Crippen LogP) is 2.03. The van der Waals surface area contributed by atoms with Gasteiger partial charge in [0.15, 0.2) is 0 Å². The van der Waals surface area contributed by atoms with Crippen molar-refractivity contribution in [1.29, 1.82) is 0 Å². The largest absolute Gasteiger partial charge is 0.396 e. The Morgan fingerprint density at radius 1 is 1.39 bits per heavy atom. The van der Waals surface area contributed by atoms with Crippen molar-refractivity contribution in [2.45, 2.75) is 38.3 Å². The molecule has 0 aliphatic heterocycles. The van der Waals surface area contributed by atoms with Gasteiger partial charge in [-0.2, -0.15) is 0 Å². The third-order valence-corrected chi connectivity index (χ3v) is 3.66. The zero-order valence-corrected chi connectivity index (χ0v) is 10.6. The minimum atomic E-state index is -0.233. The second-order valence-corrected chi connectivity index (χ2v) is 4.84. The van der Waals surface area contributed by atoms with Crippen LogP contribution in [0.2, 0.25) is 0 Å². The number of aliphatic hydroxyl groups excluding tert-OH is 1. The molecule has 1 fully saturated rings. The molecule has 0 heterocycles. The number of nitrogens with zero attached hydrogens (tertiary/aromatic N) is 1. The molecule has 0 spiro atoms. The molecule has 0 unspecified atom stereocenters. The molecule has 2 rings (SSSR count).